The molecule has 1 unspecified atom stereocenters. The van der Waals surface area contributed by atoms with E-state index in [0.29, 0.717) is 42.5 Å². The van der Waals surface area contributed by atoms with Crippen LogP contribution in [0.3, 0.4) is 0 Å². The minimum Gasteiger partial charge on any atom is -0.326 e. The van der Waals surface area contributed by atoms with Crippen molar-refractivity contribution in [3.8, 4) is 0 Å². The van der Waals surface area contributed by atoms with Crippen molar-refractivity contribution in [1.29, 1.82) is 0 Å². The Balaban J connectivity index is 1.32. The second-order valence-electron chi connectivity index (χ2n) is 8.35. The van der Waals surface area contributed by atoms with E-state index in [0.717, 1.165) is 5.56 Å². The van der Waals surface area contributed by atoms with Crippen molar-refractivity contribution in [2.24, 2.45) is 0 Å². The number of benzene rings is 2. The van der Waals surface area contributed by atoms with Gasteiger partial charge < -0.3 is 5.32 Å². The lowest BCUT2D eigenvalue weighted by atomic mass is 9.72. The molecule has 0 radical (unpaired) electrons. The van der Waals surface area contributed by atoms with Gasteiger partial charge in [-0.2, -0.15) is 0 Å². The van der Waals surface area contributed by atoms with E-state index in [1.165, 1.54) is 4.90 Å². The lowest BCUT2D eigenvalue weighted by Crippen LogP contribution is -2.51. The van der Waals surface area contributed by atoms with E-state index >= 15 is 0 Å². The molecule has 0 saturated carbocycles. The second-order valence-corrected chi connectivity index (χ2v) is 8.35. The first-order valence-electron chi connectivity index (χ1n) is 11.1. The molecule has 0 spiro atoms. The summed E-state index contributed by atoms with van der Waals surface area (Å²) in [6.45, 7) is 2.09. The van der Waals surface area contributed by atoms with E-state index in [1.54, 1.807) is 48.5 Å². The van der Waals surface area contributed by atoms with Crippen LogP contribution in [0.25, 0.3) is 0 Å². The number of anilines is 1. The summed E-state index contributed by atoms with van der Waals surface area (Å²) in [6, 6.07) is 13.8. The number of nitrogens with zero attached hydrogens (tertiary/aromatic N) is 1. The van der Waals surface area contributed by atoms with Crippen molar-refractivity contribution in [1.82, 2.24) is 10.2 Å². The standard InChI is InChI=1S/C25H25N3O5/c1-2-25(14-13-21(30)27-24(25)33)16-9-11-17(12-10-16)26-20(29)8-5-15-28-22(31)18-6-3-4-7-19(18)23(28)32/h3-4,6-7,9-12H,2,5,8,13-15H2,1H3,(H,26,29)(H,27,30,33). The van der Waals surface area contributed by atoms with Gasteiger partial charge in [0.2, 0.25) is 17.7 Å². The Morgan fingerprint density at radius 1 is 1.00 bits per heavy atom. The fraction of sp³-hybridized carbons (Fsp3) is 0.320. The molecule has 2 N–H and O–H groups in total. The molecule has 2 aromatic rings. The molecular weight excluding hydrogens is 422 g/mol. The highest BCUT2D eigenvalue weighted by atomic mass is 16.2. The van der Waals surface area contributed by atoms with Crippen LogP contribution in [0, 0.1) is 0 Å². The van der Waals surface area contributed by atoms with Crippen LogP contribution in [0.4, 0.5) is 5.69 Å². The Morgan fingerprint density at radius 2 is 1.64 bits per heavy atom. The minimum atomic E-state index is -0.747. The third-order valence-electron chi connectivity index (χ3n) is 6.45. The Morgan fingerprint density at radius 3 is 2.21 bits per heavy atom. The van der Waals surface area contributed by atoms with E-state index in [9.17, 15) is 24.0 Å². The van der Waals surface area contributed by atoms with Crippen LogP contribution in [0.1, 0.15) is 65.3 Å². The highest BCUT2D eigenvalue weighted by Gasteiger charge is 2.42. The number of imide groups is 2. The van der Waals surface area contributed by atoms with Crippen molar-refractivity contribution < 1.29 is 24.0 Å². The van der Waals surface area contributed by atoms with E-state index in [2.05, 4.69) is 10.6 Å². The van der Waals surface area contributed by atoms with Gasteiger partial charge in [-0.25, -0.2) is 0 Å². The maximum atomic E-state index is 12.5. The molecule has 8 heteroatoms. The van der Waals surface area contributed by atoms with Crippen molar-refractivity contribution in [2.75, 3.05) is 11.9 Å². The molecule has 1 saturated heterocycles. The van der Waals surface area contributed by atoms with Crippen LogP contribution in [0.2, 0.25) is 0 Å². The third-order valence-corrected chi connectivity index (χ3v) is 6.45. The van der Waals surface area contributed by atoms with Crippen LogP contribution in [0.15, 0.2) is 48.5 Å². The zero-order chi connectivity index (χ0) is 23.6. The van der Waals surface area contributed by atoms with Crippen molar-refractivity contribution >= 4 is 35.2 Å². The van der Waals surface area contributed by atoms with Crippen LogP contribution >= 0.6 is 0 Å². The summed E-state index contributed by atoms with van der Waals surface area (Å²) in [5, 5.41) is 5.23. The van der Waals surface area contributed by atoms with E-state index in [4.69, 9.17) is 0 Å². The summed E-state index contributed by atoms with van der Waals surface area (Å²) < 4.78 is 0. The van der Waals surface area contributed by atoms with Crippen molar-refractivity contribution in [3.63, 3.8) is 0 Å². The summed E-state index contributed by atoms with van der Waals surface area (Å²) >= 11 is 0. The fourth-order valence-corrected chi connectivity index (χ4v) is 4.50. The molecular formula is C25H25N3O5. The smallest absolute Gasteiger partial charge is 0.261 e. The van der Waals surface area contributed by atoms with Crippen LogP contribution < -0.4 is 10.6 Å². The Kier molecular flexibility index (Phi) is 6.09. The molecule has 1 fully saturated rings. The van der Waals surface area contributed by atoms with Gasteiger partial charge in [0.25, 0.3) is 11.8 Å². The summed E-state index contributed by atoms with van der Waals surface area (Å²) in [5.74, 6) is -1.43. The lowest BCUT2D eigenvalue weighted by molar-refractivity contribution is -0.138. The van der Waals surface area contributed by atoms with Gasteiger partial charge in [-0.3, -0.25) is 34.2 Å². The Bertz CT molecular complexity index is 1110. The molecule has 0 aromatic heterocycles. The Labute approximate surface area is 191 Å². The number of hydrogen-bond acceptors (Lipinski definition) is 5. The molecule has 170 valence electrons. The number of nitrogens with one attached hydrogen (secondary N) is 2. The molecule has 5 amide bonds. The molecule has 2 aromatic carbocycles. The SMILES string of the molecule is CCC1(c2ccc(NC(=O)CCCN3C(=O)c4ccccc4C3=O)cc2)CCC(=O)NC1=O. The largest absolute Gasteiger partial charge is 0.326 e. The van der Waals surface area contributed by atoms with Gasteiger partial charge in [0, 0.05) is 25.1 Å². The molecule has 2 heterocycles. The van der Waals surface area contributed by atoms with Crippen molar-refractivity contribution in [2.45, 2.75) is 44.4 Å². The van der Waals surface area contributed by atoms with Crippen LogP contribution in [0.5, 0.6) is 0 Å². The number of amides is 5. The highest BCUT2D eigenvalue weighted by molar-refractivity contribution is 6.21. The quantitative estimate of drug-likeness (QED) is 0.634. The average Bonchev–Trinajstić information content (AvgIpc) is 3.05. The summed E-state index contributed by atoms with van der Waals surface area (Å²) in [7, 11) is 0. The first-order chi connectivity index (χ1) is 15.9. The molecule has 8 nitrogen and oxygen atoms in total. The molecule has 33 heavy (non-hydrogen) atoms. The predicted octanol–water partition coefficient (Wildman–Crippen LogP) is 2.79. The van der Waals surface area contributed by atoms with Gasteiger partial charge >= 0.3 is 0 Å². The topological polar surface area (TPSA) is 113 Å². The second kappa shape index (κ2) is 8.97. The van der Waals surface area contributed by atoms with Gasteiger partial charge in [0.1, 0.15) is 0 Å². The van der Waals surface area contributed by atoms with Crippen LogP contribution in [-0.2, 0) is 19.8 Å². The zero-order valence-corrected chi connectivity index (χ0v) is 18.3. The summed E-state index contributed by atoms with van der Waals surface area (Å²) in [4.78, 5) is 62.3. The van der Waals surface area contributed by atoms with Gasteiger partial charge in [0.05, 0.1) is 16.5 Å². The molecule has 4 rings (SSSR count). The molecule has 1 atom stereocenters. The number of hydrogen-bond donors (Lipinski definition) is 2. The highest BCUT2D eigenvalue weighted by Crippen LogP contribution is 2.36. The van der Waals surface area contributed by atoms with E-state index in [-0.39, 0.29) is 42.5 Å². The lowest BCUT2D eigenvalue weighted by Gasteiger charge is -2.35. The Hall–Kier alpha value is -3.81. The number of carbonyl (C=O) groups is 5. The van der Waals surface area contributed by atoms with Crippen molar-refractivity contribution in [3.05, 3.63) is 65.2 Å². The number of fused-ring (bicyclic) bond motifs is 1. The van der Waals surface area contributed by atoms with Gasteiger partial charge in [-0.15, -0.1) is 0 Å². The third kappa shape index (κ3) is 4.16. The first kappa shape index (κ1) is 22.4. The molecule has 2 aliphatic heterocycles. The maximum absolute atomic E-state index is 12.5. The normalized spacial score (nSPS) is 20.0. The molecule has 0 bridgehead atoms. The molecule has 0 aliphatic carbocycles. The van der Waals surface area contributed by atoms with Crippen LogP contribution in [-0.4, -0.2) is 41.0 Å². The average molecular weight is 447 g/mol. The van der Waals surface area contributed by atoms with Gasteiger partial charge in [-0.05, 0) is 49.1 Å². The summed E-state index contributed by atoms with van der Waals surface area (Å²) in [6.07, 6.45) is 1.82. The fourth-order valence-electron chi connectivity index (χ4n) is 4.50. The number of carbonyl (C=O) groups excluding carboxylic acids is 5. The van der Waals surface area contributed by atoms with Gasteiger partial charge in [0.15, 0.2) is 0 Å². The first-order valence-corrected chi connectivity index (χ1v) is 11.1. The van der Waals surface area contributed by atoms with Gasteiger partial charge in [-0.1, -0.05) is 31.2 Å². The maximum Gasteiger partial charge on any atom is 0.261 e. The predicted molar refractivity (Wildman–Crippen MR) is 120 cm³/mol. The number of piperidine rings is 1. The monoisotopic (exact) mass is 447 g/mol. The zero-order valence-electron chi connectivity index (χ0n) is 18.3. The van der Waals surface area contributed by atoms with E-state index in [1.807, 2.05) is 6.92 Å². The molecule has 2 aliphatic rings. The van der Waals surface area contributed by atoms with E-state index < -0.39 is 5.41 Å². The minimum absolute atomic E-state index is 0.151. The number of rotatable bonds is 7. The summed E-state index contributed by atoms with van der Waals surface area (Å²) in [5.41, 5.74) is 1.44.